The molecule has 7 nitrogen and oxygen atoms in total. The van der Waals surface area contributed by atoms with Crippen LogP contribution < -0.4 is 19.7 Å². The zero-order chi connectivity index (χ0) is 24.1. The zero-order valence-corrected chi connectivity index (χ0v) is 19.4. The Morgan fingerprint density at radius 2 is 1.68 bits per heavy atom. The molecule has 1 N–H and O–H groups in total. The van der Waals surface area contributed by atoms with Gasteiger partial charge in [-0.3, -0.25) is 14.6 Å². The fourth-order valence-electron chi connectivity index (χ4n) is 4.05. The van der Waals surface area contributed by atoms with E-state index in [-0.39, 0.29) is 18.4 Å². The Morgan fingerprint density at radius 3 is 2.41 bits per heavy atom. The van der Waals surface area contributed by atoms with Gasteiger partial charge in [0.1, 0.15) is 6.54 Å². The third-order valence-corrected chi connectivity index (χ3v) is 5.79. The second-order valence-electron chi connectivity index (χ2n) is 8.03. The monoisotopic (exact) mass is 457 g/mol. The number of benzene rings is 3. The van der Waals surface area contributed by atoms with E-state index in [4.69, 9.17) is 14.5 Å². The van der Waals surface area contributed by atoms with Gasteiger partial charge >= 0.3 is 0 Å². The van der Waals surface area contributed by atoms with Gasteiger partial charge in [0, 0.05) is 17.5 Å². The lowest BCUT2D eigenvalue weighted by molar-refractivity contribution is -0.123. The Morgan fingerprint density at radius 1 is 0.971 bits per heavy atom. The number of nitrogens with one attached hydrogen (secondary N) is 1. The molecule has 1 aliphatic rings. The number of methoxy groups -OCH3 is 2. The van der Waals surface area contributed by atoms with Gasteiger partial charge in [0.2, 0.25) is 11.8 Å². The SMILES string of the molecule is COc1ccc(NC(=O)CN2C(=O)[C@@H](Cc3ccccc3)C(C)=Nc3ccccc32)cc1OC. The fourth-order valence-corrected chi connectivity index (χ4v) is 4.05. The number of para-hydroxylation sites is 2. The minimum Gasteiger partial charge on any atom is -0.493 e. The molecule has 2 amide bonds. The van der Waals surface area contributed by atoms with Crippen LogP contribution in [0.15, 0.2) is 77.8 Å². The van der Waals surface area contributed by atoms with Crippen LogP contribution in [0.4, 0.5) is 17.1 Å². The molecule has 0 saturated carbocycles. The molecule has 34 heavy (non-hydrogen) atoms. The predicted molar refractivity (Wildman–Crippen MR) is 133 cm³/mol. The molecule has 0 spiro atoms. The number of hydrogen-bond donors (Lipinski definition) is 1. The van der Waals surface area contributed by atoms with E-state index in [0.29, 0.717) is 35.0 Å². The maximum atomic E-state index is 13.7. The third-order valence-electron chi connectivity index (χ3n) is 5.79. The van der Waals surface area contributed by atoms with Crippen molar-refractivity contribution in [3.05, 3.63) is 78.4 Å². The number of amides is 2. The first kappa shape index (κ1) is 23.0. The van der Waals surface area contributed by atoms with Crippen LogP contribution in [0.5, 0.6) is 11.5 Å². The lowest BCUT2D eigenvalue weighted by Gasteiger charge is -2.25. The number of hydrogen-bond acceptors (Lipinski definition) is 5. The molecule has 174 valence electrons. The number of carbonyl (C=O) groups excluding carboxylic acids is 2. The molecule has 3 aromatic carbocycles. The summed E-state index contributed by atoms with van der Waals surface area (Å²) < 4.78 is 10.6. The normalized spacial score (nSPS) is 15.1. The maximum absolute atomic E-state index is 13.7. The molecular weight excluding hydrogens is 430 g/mol. The second kappa shape index (κ2) is 10.2. The summed E-state index contributed by atoms with van der Waals surface area (Å²) in [6, 6.07) is 22.3. The molecule has 0 unspecified atom stereocenters. The largest absolute Gasteiger partial charge is 0.493 e. The second-order valence-corrected chi connectivity index (χ2v) is 8.03. The summed E-state index contributed by atoms with van der Waals surface area (Å²) in [6.07, 6.45) is 0.511. The fraction of sp³-hybridized carbons (Fsp3) is 0.222. The quantitative estimate of drug-likeness (QED) is 0.561. The summed E-state index contributed by atoms with van der Waals surface area (Å²) in [7, 11) is 3.08. The van der Waals surface area contributed by atoms with E-state index in [0.717, 1.165) is 11.3 Å². The molecule has 0 saturated heterocycles. The first-order valence-corrected chi connectivity index (χ1v) is 11.0. The van der Waals surface area contributed by atoms with Crippen molar-refractivity contribution in [1.82, 2.24) is 0 Å². The lowest BCUT2D eigenvalue weighted by Crippen LogP contribution is -2.43. The first-order chi connectivity index (χ1) is 16.5. The highest BCUT2D eigenvalue weighted by atomic mass is 16.5. The van der Waals surface area contributed by atoms with Crippen molar-refractivity contribution in [2.24, 2.45) is 10.9 Å². The Bertz CT molecular complexity index is 1220. The predicted octanol–water partition coefficient (Wildman–Crippen LogP) is 4.64. The minimum absolute atomic E-state index is 0.141. The van der Waals surface area contributed by atoms with E-state index in [2.05, 4.69) is 5.32 Å². The number of fused-ring (bicyclic) bond motifs is 1. The van der Waals surface area contributed by atoms with Crippen molar-refractivity contribution in [3.63, 3.8) is 0 Å². The molecule has 3 aromatic rings. The molecule has 0 radical (unpaired) electrons. The molecule has 1 heterocycles. The average Bonchev–Trinajstić information content (AvgIpc) is 2.95. The van der Waals surface area contributed by atoms with Gasteiger partial charge in [-0.2, -0.15) is 0 Å². The van der Waals surface area contributed by atoms with E-state index in [1.165, 1.54) is 12.0 Å². The summed E-state index contributed by atoms with van der Waals surface area (Å²) in [5.74, 6) is 0.117. The van der Waals surface area contributed by atoms with Crippen LogP contribution in [0.1, 0.15) is 12.5 Å². The lowest BCUT2D eigenvalue weighted by atomic mass is 9.94. The van der Waals surface area contributed by atoms with Gasteiger partial charge in [0.15, 0.2) is 11.5 Å². The number of rotatable bonds is 7. The van der Waals surface area contributed by atoms with Crippen LogP contribution in [0, 0.1) is 5.92 Å². The van der Waals surface area contributed by atoms with Crippen LogP contribution >= 0.6 is 0 Å². The Hall–Kier alpha value is -4.13. The van der Waals surface area contributed by atoms with Gasteiger partial charge in [0.05, 0.1) is 31.5 Å². The zero-order valence-electron chi connectivity index (χ0n) is 19.4. The third kappa shape index (κ3) is 4.93. The van der Waals surface area contributed by atoms with E-state index < -0.39 is 5.92 Å². The van der Waals surface area contributed by atoms with Crippen molar-refractivity contribution in [1.29, 1.82) is 0 Å². The molecule has 0 aliphatic carbocycles. The minimum atomic E-state index is -0.469. The first-order valence-electron chi connectivity index (χ1n) is 11.0. The van der Waals surface area contributed by atoms with Crippen molar-refractivity contribution < 1.29 is 19.1 Å². The van der Waals surface area contributed by atoms with Crippen LogP contribution in [0.3, 0.4) is 0 Å². The van der Waals surface area contributed by atoms with E-state index >= 15 is 0 Å². The highest BCUT2D eigenvalue weighted by molar-refractivity contribution is 6.15. The number of ether oxygens (including phenoxy) is 2. The molecule has 0 fully saturated rings. The van der Waals surface area contributed by atoms with Gasteiger partial charge < -0.3 is 19.7 Å². The van der Waals surface area contributed by atoms with E-state index in [1.807, 2.05) is 61.5 Å². The summed E-state index contributed by atoms with van der Waals surface area (Å²) in [5.41, 5.74) is 3.60. The Labute approximate surface area is 199 Å². The van der Waals surface area contributed by atoms with E-state index in [9.17, 15) is 9.59 Å². The van der Waals surface area contributed by atoms with Crippen molar-refractivity contribution >= 4 is 34.6 Å². The highest BCUT2D eigenvalue weighted by Crippen LogP contribution is 2.34. The molecule has 0 bridgehead atoms. The molecule has 4 rings (SSSR count). The van der Waals surface area contributed by atoms with Gasteiger partial charge in [-0.05, 0) is 43.2 Å². The van der Waals surface area contributed by atoms with Crippen LogP contribution in [-0.4, -0.2) is 38.3 Å². The van der Waals surface area contributed by atoms with Crippen LogP contribution in [0.2, 0.25) is 0 Å². The number of anilines is 2. The van der Waals surface area contributed by atoms with Gasteiger partial charge in [-0.15, -0.1) is 0 Å². The van der Waals surface area contributed by atoms with Crippen LogP contribution in [0.25, 0.3) is 0 Å². The molecule has 7 heteroatoms. The summed E-state index contributed by atoms with van der Waals surface area (Å²) in [6.45, 7) is 1.73. The molecular formula is C27H27N3O4. The van der Waals surface area contributed by atoms with Gasteiger partial charge in [0.25, 0.3) is 0 Å². The van der Waals surface area contributed by atoms with Crippen molar-refractivity contribution in [3.8, 4) is 11.5 Å². The van der Waals surface area contributed by atoms with Crippen molar-refractivity contribution in [2.45, 2.75) is 13.3 Å². The summed E-state index contributed by atoms with van der Waals surface area (Å²) in [4.78, 5) is 33.0. The van der Waals surface area contributed by atoms with E-state index in [1.54, 1.807) is 25.3 Å². The summed E-state index contributed by atoms with van der Waals surface area (Å²) in [5, 5.41) is 2.86. The number of aliphatic imine (C=N–C) groups is 1. The van der Waals surface area contributed by atoms with Gasteiger partial charge in [-0.25, -0.2) is 0 Å². The Balaban J connectivity index is 1.60. The highest BCUT2D eigenvalue weighted by Gasteiger charge is 2.33. The smallest absolute Gasteiger partial charge is 0.244 e. The number of nitrogens with zero attached hydrogens (tertiary/aromatic N) is 2. The number of carbonyl (C=O) groups is 2. The van der Waals surface area contributed by atoms with Crippen LogP contribution in [-0.2, 0) is 16.0 Å². The van der Waals surface area contributed by atoms with Gasteiger partial charge in [-0.1, -0.05) is 42.5 Å². The standard InChI is InChI=1S/C27H27N3O4/c1-18-21(15-19-9-5-4-6-10-19)27(32)30(23-12-8-7-11-22(23)28-18)17-26(31)29-20-13-14-24(33-2)25(16-20)34-3/h4-14,16,21H,15,17H2,1-3H3,(H,29,31)/t21-/m0/s1. The Kier molecular flexibility index (Phi) is 6.92. The maximum Gasteiger partial charge on any atom is 0.244 e. The average molecular weight is 458 g/mol. The van der Waals surface area contributed by atoms with Crippen molar-refractivity contribution in [2.75, 3.05) is 31.0 Å². The molecule has 1 aliphatic heterocycles. The molecule has 1 atom stereocenters. The summed E-state index contributed by atoms with van der Waals surface area (Å²) >= 11 is 0. The topological polar surface area (TPSA) is 80.2 Å². The molecule has 0 aromatic heterocycles.